The van der Waals surface area contributed by atoms with Gasteiger partial charge in [-0.15, -0.1) is 0 Å². The predicted molar refractivity (Wildman–Crippen MR) is 119 cm³/mol. The molecule has 182 valence electrons. The lowest BCUT2D eigenvalue weighted by atomic mass is 9.99. The molecule has 1 saturated heterocycles. The molecule has 0 aliphatic carbocycles. The Balaban J connectivity index is 1.26. The molecule has 0 bridgehead atoms. The standard InChI is InChI=1S/C23H31NO9/c25-14-19-20(27)21(28)22(29)23(33-19)32-12-11-31-10-9-30-8-7-24-13-17-16-4-2-1-3-15(16)5-6-18(17)26/h1-6,13,19-23,25-29H,7-12,14H2/t19-,20+,21+,22-,23-/m1/s1. The molecule has 0 radical (unpaired) electrons. The van der Waals surface area contributed by atoms with Gasteiger partial charge in [-0.3, -0.25) is 4.99 Å². The molecule has 3 rings (SSSR count). The summed E-state index contributed by atoms with van der Waals surface area (Å²) in [7, 11) is 0. The monoisotopic (exact) mass is 465 g/mol. The number of phenols is 1. The molecule has 0 saturated carbocycles. The number of nitrogens with zero attached hydrogens (tertiary/aromatic N) is 1. The molecule has 1 aliphatic heterocycles. The van der Waals surface area contributed by atoms with Crippen molar-refractivity contribution in [3.05, 3.63) is 42.0 Å². The molecule has 2 aromatic carbocycles. The van der Waals surface area contributed by atoms with Gasteiger partial charge in [0, 0.05) is 11.8 Å². The highest BCUT2D eigenvalue weighted by molar-refractivity contribution is 6.02. The molecule has 2 aromatic rings. The van der Waals surface area contributed by atoms with Crippen molar-refractivity contribution in [2.24, 2.45) is 4.99 Å². The summed E-state index contributed by atoms with van der Waals surface area (Å²) in [6, 6.07) is 11.3. The van der Waals surface area contributed by atoms with Crippen LogP contribution in [0.3, 0.4) is 0 Å². The van der Waals surface area contributed by atoms with E-state index < -0.39 is 37.3 Å². The Morgan fingerprint density at radius 2 is 1.61 bits per heavy atom. The second kappa shape index (κ2) is 12.9. The van der Waals surface area contributed by atoms with E-state index >= 15 is 0 Å². The topological polar surface area (TPSA) is 150 Å². The summed E-state index contributed by atoms with van der Waals surface area (Å²) in [6.45, 7) is 1.29. The second-order valence-electron chi connectivity index (χ2n) is 7.55. The van der Waals surface area contributed by atoms with E-state index in [9.17, 15) is 20.4 Å². The highest BCUT2D eigenvalue weighted by Gasteiger charge is 2.43. The van der Waals surface area contributed by atoms with Gasteiger partial charge in [-0.1, -0.05) is 30.3 Å². The van der Waals surface area contributed by atoms with Crippen molar-refractivity contribution in [2.75, 3.05) is 46.2 Å². The first kappa shape index (κ1) is 25.5. The molecule has 33 heavy (non-hydrogen) atoms. The zero-order valence-electron chi connectivity index (χ0n) is 18.2. The summed E-state index contributed by atoms with van der Waals surface area (Å²) in [5, 5.41) is 50.5. The lowest BCUT2D eigenvalue weighted by Crippen LogP contribution is -2.59. The molecular weight excluding hydrogens is 434 g/mol. The molecule has 1 heterocycles. The van der Waals surface area contributed by atoms with Gasteiger partial charge in [0.05, 0.1) is 46.2 Å². The smallest absolute Gasteiger partial charge is 0.186 e. The third-order valence-electron chi connectivity index (χ3n) is 5.26. The van der Waals surface area contributed by atoms with Crippen LogP contribution in [0.5, 0.6) is 5.75 Å². The molecule has 10 heteroatoms. The highest BCUT2D eigenvalue weighted by Crippen LogP contribution is 2.25. The Labute approximate surface area is 191 Å². The first-order chi connectivity index (χ1) is 16.0. The van der Waals surface area contributed by atoms with Gasteiger partial charge in [0.2, 0.25) is 0 Å². The number of rotatable bonds is 12. The Bertz CT molecular complexity index is 891. The van der Waals surface area contributed by atoms with Crippen LogP contribution >= 0.6 is 0 Å². The molecule has 0 amide bonds. The summed E-state index contributed by atoms with van der Waals surface area (Å²) in [5.41, 5.74) is 0.677. The number of hydrogen-bond donors (Lipinski definition) is 5. The van der Waals surface area contributed by atoms with E-state index in [0.717, 1.165) is 10.8 Å². The van der Waals surface area contributed by atoms with Gasteiger partial charge in [-0.2, -0.15) is 0 Å². The Hall–Kier alpha value is -2.15. The van der Waals surface area contributed by atoms with Crippen molar-refractivity contribution in [3.63, 3.8) is 0 Å². The lowest BCUT2D eigenvalue weighted by Gasteiger charge is -2.39. The number of aromatic hydroxyl groups is 1. The third kappa shape index (κ3) is 6.92. The van der Waals surface area contributed by atoms with E-state index in [0.29, 0.717) is 31.9 Å². The number of aliphatic imine (C=N–C) groups is 1. The van der Waals surface area contributed by atoms with Crippen molar-refractivity contribution in [3.8, 4) is 5.75 Å². The van der Waals surface area contributed by atoms with Gasteiger partial charge in [0.1, 0.15) is 30.2 Å². The van der Waals surface area contributed by atoms with Crippen molar-refractivity contribution >= 4 is 17.0 Å². The summed E-state index contributed by atoms with van der Waals surface area (Å²) >= 11 is 0. The van der Waals surface area contributed by atoms with Crippen LogP contribution in [0, 0.1) is 0 Å². The van der Waals surface area contributed by atoms with Gasteiger partial charge in [0.15, 0.2) is 6.29 Å². The second-order valence-corrected chi connectivity index (χ2v) is 7.55. The number of fused-ring (bicyclic) bond motifs is 1. The van der Waals surface area contributed by atoms with Crippen molar-refractivity contribution < 1.29 is 44.5 Å². The fourth-order valence-corrected chi connectivity index (χ4v) is 3.44. The maximum absolute atomic E-state index is 10.1. The van der Waals surface area contributed by atoms with E-state index in [4.69, 9.17) is 24.1 Å². The fourth-order valence-electron chi connectivity index (χ4n) is 3.44. The summed E-state index contributed by atoms with van der Waals surface area (Å²) < 4.78 is 21.4. The summed E-state index contributed by atoms with van der Waals surface area (Å²) in [5.74, 6) is 0.178. The minimum absolute atomic E-state index is 0.0848. The Morgan fingerprint density at radius 1 is 0.879 bits per heavy atom. The van der Waals surface area contributed by atoms with E-state index in [2.05, 4.69) is 4.99 Å². The number of hydrogen-bond acceptors (Lipinski definition) is 10. The maximum Gasteiger partial charge on any atom is 0.186 e. The van der Waals surface area contributed by atoms with E-state index in [1.54, 1.807) is 12.3 Å². The maximum atomic E-state index is 10.1. The van der Waals surface area contributed by atoms with Crippen molar-refractivity contribution in [2.45, 2.75) is 30.7 Å². The summed E-state index contributed by atoms with van der Waals surface area (Å²) in [4.78, 5) is 4.32. The minimum Gasteiger partial charge on any atom is -0.507 e. The number of ether oxygens (including phenoxy) is 4. The van der Waals surface area contributed by atoms with Crippen LogP contribution < -0.4 is 0 Å². The van der Waals surface area contributed by atoms with Crippen LogP contribution in [0.4, 0.5) is 0 Å². The van der Waals surface area contributed by atoms with Gasteiger partial charge in [-0.25, -0.2) is 0 Å². The zero-order chi connectivity index (χ0) is 23.6. The van der Waals surface area contributed by atoms with E-state index in [1.807, 2.05) is 30.3 Å². The molecule has 1 fully saturated rings. The normalized spacial score (nSPS) is 25.8. The number of aliphatic hydroxyl groups excluding tert-OH is 4. The number of phenolic OH excluding ortho intramolecular Hbond substituents is 1. The number of benzene rings is 2. The van der Waals surface area contributed by atoms with Gasteiger partial charge in [-0.05, 0) is 16.8 Å². The molecule has 1 aliphatic rings. The molecule has 5 atom stereocenters. The quantitative estimate of drug-likeness (QED) is 0.212. The minimum atomic E-state index is -1.47. The molecule has 10 nitrogen and oxygen atoms in total. The first-order valence-corrected chi connectivity index (χ1v) is 10.8. The van der Waals surface area contributed by atoms with Crippen LogP contribution in [0.2, 0.25) is 0 Å². The van der Waals surface area contributed by atoms with Crippen LogP contribution in [-0.2, 0) is 18.9 Å². The number of aliphatic hydroxyl groups is 4. The third-order valence-corrected chi connectivity index (χ3v) is 5.26. The SMILES string of the molecule is OC[C@H]1O[C@@H](OCCOCCOCCN=Cc2c(O)ccc3ccccc23)[C@H](O)[C@@H](O)[C@H]1O. The van der Waals surface area contributed by atoms with E-state index in [-0.39, 0.29) is 19.0 Å². The van der Waals surface area contributed by atoms with Gasteiger partial charge < -0.3 is 44.5 Å². The summed E-state index contributed by atoms with van der Waals surface area (Å²) in [6.07, 6.45) is -4.84. The molecule has 0 aromatic heterocycles. The molecule has 5 N–H and O–H groups in total. The van der Waals surface area contributed by atoms with Gasteiger partial charge in [0.25, 0.3) is 0 Å². The van der Waals surface area contributed by atoms with Crippen LogP contribution in [-0.4, -0.2) is 109 Å². The average Bonchev–Trinajstić information content (AvgIpc) is 2.83. The molecule has 0 spiro atoms. The van der Waals surface area contributed by atoms with Crippen molar-refractivity contribution in [1.29, 1.82) is 0 Å². The molecule has 0 unspecified atom stereocenters. The van der Waals surface area contributed by atoms with Crippen LogP contribution in [0.1, 0.15) is 5.56 Å². The molecular formula is C23H31NO9. The largest absolute Gasteiger partial charge is 0.507 e. The fraction of sp³-hybridized carbons (Fsp3) is 0.522. The Morgan fingerprint density at radius 3 is 2.39 bits per heavy atom. The Kier molecular flexibility index (Phi) is 9.97. The van der Waals surface area contributed by atoms with Crippen LogP contribution in [0.15, 0.2) is 41.4 Å². The van der Waals surface area contributed by atoms with Crippen LogP contribution in [0.25, 0.3) is 10.8 Å². The highest BCUT2D eigenvalue weighted by atomic mass is 16.7. The lowest BCUT2D eigenvalue weighted by molar-refractivity contribution is -0.302. The average molecular weight is 465 g/mol. The predicted octanol–water partition coefficient (Wildman–Crippen LogP) is -0.186. The zero-order valence-corrected chi connectivity index (χ0v) is 18.2. The van der Waals surface area contributed by atoms with Crippen molar-refractivity contribution in [1.82, 2.24) is 0 Å². The van der Waals surface area contributed by atoms with E-state index in [1.165, 1.54) is 0 Å². The first-order valence-electron chi connectivity index (χ1n) is 10.8. The van der Waals surface area contributed by atoms with Gasteiger partial charge >= 0.3 is 0 Å².